The van der Waals surface area contributed by atoms with Gasteiger partial charge in [-0.2, -0.15) is 0 Å². The summed E-state index contributed by atoms with van der Waals surface area (Å²) in [5.74, 6) is -0.140. The van der Waals surface area contributed by atoms with Crippen molar-refractivity contribution in [2.45, 2.75) is 24.3 Å². The first kappa shape index (κ1) is 19.1. The van der Waals surface area contributed by atoms with Crippen molar-refractivity contribution in [3.63, 3.8) is 0 Å². The first-order valence-electron chi connectivity index (χ1n) is 8.05. The second-order valence-corrected chi connectivity index (χ2v) is 7.41. The summed E-state index contributed by atoms with van der Waals surface area (Å²) in [6.07, 6.45) is 3.04. The fourth-order valence-electron chi connectivity index (χ4n) is 2.33. The molecule has 0 radical (unpaired) electrons. The van der Waals surface area contributed by atoms with Crippen LogP contribution in [0, 0.1) is 0 Å². The van der Waals surface area contributed by atoms with Gasteiger partial charge < -0.3 is 5.32 Å². The Labute approximate surface area is 165 Å². The van der Waals surface area contributed by atoms with Crippen LogP contribution in [0.5, 0.6) is 0 Å². The number of hydrogen-bond donors (Lipinski definition) is 1. The Morgan fingerprint density at radius 3 is 2.59 bits per heavy atom. The molecular weight excluding hydrogens is 386 g/mol. The molecule has 9 heteroatoms. The average molecular weight is 402 g/mol. The molecule has 0 saturated carbocycles. The Kier molecular flexibility index (Phi) is 5.88. The Hall–Kier alpha value is -2.71. The number of rotatable bonds is 5. The minimum absolute atomic E-state index is 0.199. The quantitative estimate of drug-likeness (QED) is 0.654. The molecule has 138 valence electrons. The van der Waals surface area contributed by atoms with Crippen molar-refractivity contribution >= 4 is 40.9 Å². The van der Waals surface area contributed by atoms with Crippen LogP contribution in [0.15, 0.2) is 53.9 Å². The Morgan fingerprint density at radius 2 is 1.93 bits per heavy atom. The lowest BCUT2D eigenvalue weighted by Gasteiger charge is -2.12. The highest BCUT2D eigenvalue weighted by atomic mass is 35.5. The molecule has 7 nitrogen and oxygen atoms in total. The number of carbonyl (C=O) groups is 2. The van der Waals surface area contributed by atoms with Crippen LogP contribution in [-0.4, -0.2) is 36.8 Å². The second-order valence-electron chi connectivity index (χ2n) is 5.67. The molecule has 0 aliphatic rings. The second kappa shape index (κ2) is 8.32. The molecule has 1 atom stereocenters. The number of anilines is 1. The van der Waals surface area contributed by atoms with Crippen LogP contribution >= 0.6 is 23.4 Å². The number of aromatic nitrogens is 4. The number of amides is 1. The molecule has 1 aromatic carbocycles. The molecule has 0 fully saturated rings. The predicted molar refractivity (Wildman–Crippen MR) is 105 cm³/mol. The zero-order valence-electron chi connectivity index (χ0n) is 14.6. The summed E-state index contributed by atoms with van der Waals surface area (Å²) in [5, 5.41) is 11.3. The summed E-state index contributed by atoms with van der Waals surface area (Å²) in [5.41, 5.74) is 1.27. The highest BCUT2D eigenvalue weighted by Gasteiger charge is 2.23. The molecule has 3 aromatic rings. The van der Waals surface area contributed by atoms with E-state index < -0.39 is 5.25 Å². The van der Waals surface area contributed by atoms with Crippen LogP contribution in [0.25, 0.3) is 11.4 Å². The third kappa shape index (κ3) is 4.53. The third-order valence-electron chi connectivity index (χ3n) is 3.60. The summed E-state index contributed by atoms with van der Waals surface area (Å²) >= 11 is 7.12. The van der Waals surface area contributed by atoms with E-state index in [0.29, 0.717) is 27.3 Å². The Bertz CT molecular complexity index is 977. The maximum absolute atomic E-state index is 12.4. The number of para-hydroxylation sites is 1. The van der Waals surface area contributed by atoms with Crippen LogP contribution in [0.4, 0.5) is 5.69 Å². The standard InChI is InChI=1S/C18H16ClN5O2S/c1-11(17(26)21-15-6-4-3-5-7-15)27-18-23-22-16(24(18)12(2)25)13-8-14(19)10-20-9-13/h3-11H,1-2H3,(H,21,26). The molecule has 1 unspecified atom stereocenters. The van der Waals surface area contributed by atoms with Gasteiger partial charge in [-0.1, -0.05) is 41.6 Å². The van der Waals surface area contributed by atoms with E-state index in [4.69, 9.17) is 11.6 Å². The van der Waals surface area contributed by atoms with E-state index in [1.54, 1.807) is 31.3 Å². The predicted octanol–water partition coefficient (Wildman–Crippen LogP) is 3.77. The van der Waals surface area contributed by atoms with Gasteiger partial charge in [0.05, 0.1) is 10.3 Å². The van der Waals surface area contributed by atoms with Crippen molar-refractivity contribution in [3.05, 3.63) is 53.8 Å². The normalized spacial score (nSPS) is 11.8. The number of nitrogens with one attached hydrogen (secondary N) is 1. The molecule has 0 saturated heterocycles. The molecule has 0 bridgehead atoms. The highest BCUT2D eigenvalue weighted by molar-refractivity contribution is 8.00. The Balaban J connectivity index is 1.82. The van der Waals surface area contributed by atoms with E-state index in [9.17, 15) is 9.59 Å². The minimum atomic E-state index is -0.488. The van der Waals surface area contributed by atoms with E-state index >= 15 is 0 Å². The van der Waals surface area contributed by atoms with E-state index in [2.05, 4.69) is 20.5 Å². The molecule has 1 N–H and O–H groups in total. The van der Waals surface area contributed by atoms with Crippen LogP contribution < -0.4 is 5.32 Å². The van der Waals surface area contributed by atoms with Gasteiger partial charge in [-0.15, -0.1) is 10.2 Å². The van der Waals surface area contributed by atoms with E-state index in [1.807, 2.05) is 18.2 Å². The molecule has 1 amide bonds. The van der Waals surface area contributed by atoms with Crippen LogP contribution in [0.2, 0.25) is 5.02 Å². The van der Waals surface area contributed by atoms with Gasteiger partial charge in [0, 0.05) is 30.6 Å². The van der Waals surface area contributed by atoms with Gasteiger partial charge in [0.25, 0.3) is 0 Å². The maximum atomic E-state index is 12.4. The summed E-state index contributed by atoms with van der Waals surface area (Å²) in [7, 11) is 0. The van der Waals surface area contributed by atoms with Crippen molar-refractivity contribution in [1.82, 2.24) is 19.7 Å². The number of thioether (sulfide) groups is 1. The van der Waals surface area contributed by atoms with Crippen LogP contribution in [0.3, 0.4) is 0 Å². The first-order valence-corrected chi connectivity index (χ1v) is 9.31. The smallest absolute Gasteiger partial charge is 0.237 e. The van der Waals surface area contributed by atoms with Gasteiger partial charge in [-0.05, 0) is 25.1 Å². The number of benzene rings is 1. The van der Waals surface area contributed by atoms with Crippen molar-refractivity contribution < 1.29 is 9.59 Å². The summed E-state index contributed by atoms with van der Waals surface area (Å²) in [6.45, 7) is 3.15. The zero-order chi connectivity index (χ0) is 19.4. The van der Waals surface area contributed by atoms with Crippen LogP contribution in [0.1, 0.15) is 18.6 Å². The van der Waals surface area contributed by atoms with Crippen molar-refractivity contribution in [1.29, 1.82) is 0 Å². The highest BCUT2D eigenvalue weighted by Crippen LogP contribution is 2.28. The Morgan fingerprint density at radius 1 is 1.19 bits per heavy atom. The largest absolute Gasteiger partial charge is 0.325 e. The number of carbonyl (C=O) groups excluding carboxylic acids is 2. The maximum Gasteiger partial charge on any atom is 0.237 e. The van der Waals surface area contributed by atoms with E-state index in [1.165, 1.54) is 17.7 Å². The van der Waals surface area contributed by atoms with Gasteiger partial charge in [-0.25, -0.2) is 4.57 Å². The number of halogens is 1. The molecule has 2 heterocycles. The topological polar surface area (TPSA) is 89.8 Å². The fraction of sp³-hybridized carbons (Fsp3) is 0.167. The number of nitrogens with zero attached hydrogens (tertiary/aromatic N) is 4. The van der Waals surface area contributed by atoms with E-state index in [-0.39, 0.29) is 11.8 Å². The van der Waals surface area contributed by atoms with Crippen molar-refractivity contribution in [2.24, 2.45) is 0 Å². The van der Waals surface area contributed by atoms with E-state index in [0.717, 1.165) is 11.8 Å². The molecule has 27 heavy (non-hydrogen) atoms. The minimum Gasteiger partial charge on any atom is -0.325 e. The molecular formula is C18H16ClN5O2S. The summed E-state index contributed by atoms with van der Waals surface area (Å²) in [6, 6.07) is 10.8. The van der Waals surface area contributed by atoms with Crippen molar-refractivity contribution in [2.75, 3.05) is 5.32 Å². The first-order chi connectivity index (χ1) is 13.0. The molecule has 2 aromatic heterocycles. The van der Waals surface area contributed by atoms with Gasteiger partial charge in [-0.3, -0.25) is 14.6 Å². The monoisotopic (exact) mass is 401 g/mol. The molecule has 0 aliphatic heterocycles. The molecule has 0 spiro atoms. The lowest BCUT2D eigenvalue weighted by atomic mass is 10.2. The van der Waals surface area contributed by atoms with Gasteiger partial charge in [0.1, 0.15) is 0 Å². The number of pyridine rings is 1. The van der Waals surface area contributed by atoms with Gasteiger partial charge in [0.15, 0.2) is 11.0 Å². The number of hydrogen-bond acceptors (Lipinski definition) is 6. The lowest BCUT2D eigenvalue weighted by Crippen LogP contribution is -2.23. The van der Waals surface area contributed by atoms with Crippen molar-refractivity contribution in [3.8, 4) is 11.4 Å². The third-order valence-corrected chi connectivity index (χ3v) is 4.85. The summed E-state index contributed by atoms with van der Waals surface area (Å²) < 4.78 is 1.35. The van der Waals surface area contributed by atoms with Gasteiger partial charge >= 0.3 is 0 Å². The van der Waals surface area contributed by atoms with Gasteiger partial charge in [0.2, 0.25) is 11.8 Å². The molecule has 3 rings (SSSR count). The summed E-state index contributed by atoms with van der Waals surface area (Å²) in [4.78, 5) is 28.6. The fourth-order valence-corrected chi connectivity index (χ4v) is 3.39. The van der Waals surface area contributed by atoms with Crippen LogP contribution in [-0.2, 0) is 4.79 Å². The zero-order valence-corrected chi connectivity index (χ0v) is 16.2. The lowest BCUT2D eigenvalue weighted by molar-refractivity contribution is -0.115. The SMILES string of the molecule is CC(=O)n1c(SC(C)C(=O)Nc2ccccc2)nnc1-c1cncc(Cl)c1. The average Bonchev–Trinajstić information content (AvgIpc) is 3.06. The molecule has 0 aliphatic carbocycles.